The molecule has 4 fully saturated rings. The van der Waals surface area contributed by atoms with E-state index in [2.05, 4.69) is 34.6 Å². The maximum atomic E-state index is 13.0. The number of aliphatic hydroxyl groups is 4. The van der Waals surface area contributed by atoms with Crippen LogP contribution in [0, 0.1) is 58.2 Å². The average Bonchev–Trinajstić information content (AvgIpc) is 3.09. The molecule has 0 bridgehead atoms. The third-order valence-corrected chi connectivity index (χ3v) is 11.5. The summed E-state index contributed by atoms with van der Waals surface area (Å²) >= 11 is 0. The van der Waals surface area contributed by atoms with Gasteiger partial charge in [-0.3, -0.25) is 4.79 Å². The van der Waals surface area contributed by atoms with Crippen LogP contribution in [-0.2, 0) is 9.53 Å². The Labute approximate surface area is 205 Å². The summed E-state index contributed by atoms with van der Waals surface area (Å²) in [6.07, 6.45) is 1.61. The molecule has 1 saturated heterocycles. The first kappa shape index (κ1) is 26.4. The number of rotatable bonds is 5. The number of aliphatic hydroxyl groups excluding tert-OH is 4. The molecule has 0 unspecified atom stereocenters. The third kappa shape index (κ3) is 4.05. The van der Waals surface area contributed by atoms with E-state index >= 15 is 0 Å². The minimum Gasteiger partial charge on any atom is -0.465 e. The number of carbonyl (C=O) groups is 1. The van der Waals surface area contributed by atoms with E-state index in [1.54, 1.807) is 0 Å². The highest BCUT2D eigenvalue weighted by molar-refractivity contribution is 5.74. The predicted octanol–water partition coefficient (Wildman–Crippen LogP) is 3.39. The van der Waals surface area contributed by atoms with E-state index in [4.69, 9.17) is 4.74 Å². The van der Waals surface area contributed by atoms with Gasteiger partial charge in [-0.1, -0.05) is 41.5 Å². The molecule has 3 aliphatic carbocycles. The normalized spacial score (nSPS) is 48.1. The molecule has 4 N–H and O–H groups in total. The summed E-state index contributed by atoms with van der Waals surface area (Å²) in [5, 5.41) is 42.9. The van der Waals surface area contributed by atoms with Gasteiger partial charge in [0.15, 0.2) is 0 Å². The molecule has 3 saturated carbocycles. The molecular formula is C28H48O6. The molecule has 1 aliphatic heterocycles. The zero-order valence-electron chi connectivity index (χ0n) is 22.0. The summed E-state index contributed by atoms with van der Waals surface area (Å²) in [5.41, 5.74) is -0.345. The van der Waals surface area contributed by atoms with E-state index < -0.39 is 24.4 Å². The van der Waals surface area contributed by atoms with Gasteiger partial charge in [-0.15, -0.1) is 0 Å². The second-order valence-electron chi connectivity index (χ2n) is 13.3. The van der Waals surface area contributed by atoms with Crippen molar-refractivity contribution in [2.75, 3.05) is 6.61 Å². The van der Waals surface area contributed by atoms with Gasteiger partial charge in [0, 0.05) is 0 Å². The Bertz CT molecular complexity index is 755. The van der Waals surface area contributed by atoms with Crippen LogP contribution < -0.4 is 0 Å². The Morgan fingerprint density at radius 1 is 0.912 bits per heavy atom. The van der Waals surface area contributed by atoms with Crippen LogP contribution in [0.4, 0.5) is 0 Å². The van der Waals surface area contributed by atoms with Crippen LogP contribution in [0.25, 0.3) is 0 Å². The van der Waals surface area contributed by atoms with Gasteiger partial charge in [-0.2, -0.15) is 0 Å². The fourth-order valence-electron chi connectivity index (χ4n) is 8.95. The number of cyclic esters (lactones) is 1. The van der Waals surface area contributed by atoms with Gasteiger partial charge in [0.1, 0.15) is 0 Å². The lowest BCUT2D eigenvalue weighted by Crippen LogP contribution is -2.55. The monoisotopic (exact) mass is 480 g/mol. The molecule has 13 atom stereocenters. The smallest absolute Gasteiger partial charge is 0.309 e. The molecule has 0 aromatic rings. The minimum atomic E-state index is -0.867. The zero-order valence-corrected chi connectivity index (χ0v) is 22.0. The quantitative estimate of drug-likeness (QED) is 0.450. The SMILES string of the molecule is CC(C)[C@@H](C)[C@H](O)[C@H](O)[C@@H](C)[C@@H]1CC[C@H]2[C@H]3COC(=O)[C@H]4C[C@@H](O)[C@@H](O)C[C@]4(C)[C@@H]3CC[C@]12C. The van der Waals surface area contributed by atoms with Crippen molar-refractivity contribution in [1.82, 2.24) is 0 Å². The topological polar surface area (TPSA) is 107 Å². The van der Waals surface area contributed by atoms with Gasteiger partial charge in [-0.05, 0) is 90.8 Å². The van der Waals surface area contributed by atoms with E-state index in [0.29, 0.717) is 30.8 Å². The van der Waals surface area contributed by atoms with Crippen molar-refractivity contribution in [2.45, 2.75) is 104 Å². The molecule has 34 heavy (non-hydrogen) atoms. The van der Waals surface area contributed by atoms with Crippen molar-refractivity contribution in [2.24, 2.45) is 58.2 Å². The van der Waals surface area contributed by atoms with E-state index in [-0.39, 0.29) is 52.8 Å². The summed E-state index contributed by atoms with van der Waals surface area (Å²) in [7, 11) is 0. The summed E-state index contributed by atoms with van der Waals surface area (Å²) in [5.74, 6) is 0.948. The van der Waals surface area contributed by atoms with Gasteiger partial charge >= 0.3 is 5.97 Å². The second kappa shape index (κ2) is 9.32. The van der Waals surface area contributed by atoms with Gasteiger partial charge < -0.3 is 25.2 Å². The van der Waals surface area contributed by atoms with Gasteiger partial charge in [0.25, 0.3) is 0 Å². The van der Waals surface area contributed by atoms with Crippen LogP contribution in [0.15, 0.2) is 0 Å². The Hall–Kier alpha value is -0.690. The van der Waals surface area contributed by atoms with E-state index in [0.717, 1.165) is 25.7 Å². The summed E-state index contributed by atoms with van der Waals surface area (Å²) in [6, 6.07) is 0. The molecule has 6 heteroatoms. The summed E-state index contributed by atoms with van der Waals surface area (Å²) < 4.78 is 5.86. The van der Waals surface area contributed by atoms with Crippen molar-refractivity contribution < 1.29 is 30.0 Å². The molecule has 0 radical (unpaired) electrons. The molecule has 0 spiro atoms. The number of hydrogen-bond donors (Lipinski definition) is 4. The average molecular weight is 481 g/mol. The van der Waals surface area contributed by atoms with Crippen LogP contribution in [0.5, 0.6) is 0 Å². The number of carbonyl (C=O) groups excluding carboxylic acids is 1. The highest BCUT2D eigenvalue weighted by Crippen LogP contribution is 2.66. The lowest BCUT2D eigenvalue weighted by molar-refractivity contribution is -0.162. The van der Waals surface area contributed by atoms with Crippen LogP contribution >= 0.6 is 0 Å². The molecule has 0 amide bonds. The molecular weight excluding hydrogens is 432 g/mol. The molecule has 0 aromatic carbocycles. The Kier molecular flexibility index (Phi) is 7.23. The number of fused-ring (bicyclic) bond motifs is 5. The van der Waals surface area contributed by atoms with Crippen molar-refractivity contribution in [3.8, 4) is 0 Å². The van der Waals surface area contributed by atoms with Crippen LogP contribution in [0.1, 0.15) is 80.1 Å². The van der Waals surface area contributed by atoms with Crippen molar-refractivity contribution in [1.29, 1.82) is 0 Å². The molecule has 4 rings (SSSR count). The van der Waals surface area contributed by atoms with E-state index in [9.17, 15) is 25.2 Å². The van der Waals surface area contributed by atoms with Crippen molar-refractivity contribution in [3.05, 3.63) is 0 Å². The first-order valence-corrected chi connectivity index (χ1v) is 13.7. The number of esters is 1. The largest absolute Gasteiger partial charge is 0.465 e. The maximum absolute atomic E-state index is 13.0. The third-order valence-electron chi connectivity index (χ3n) is 11.5. The van der Waals surface area contributed by atoms with Gasteiger partial charge in [-0.25, -0.2) is 0 Å². The standard InChI is InChI=1S/C28H48O6/c1-14(2)15(3)24(31)25(32)16(4)18-7-8-19-17-13-34-26(33)21-11-22(29)23(30)12-28(21,6)20(17)9-10-27(18,19)5/h14-25,29-32H,7-13H2,1-6H3/t15-,16+,17-,18+,19+,20-,21-,22-,23+,24+,25-,27-,28-/m1/s1. The van der Waals surface area contributed by atoms with Crippen molar-refractivity contribution >= 4 is 5.97 Å². The first-order chi connectivity index (χ1) is 15.8. The first-order valence-electron chi connectivity index (χ1n) is 13.7. The van der Waals surface area contributed by atoms with Crippen LogP contribution in [-0.4, -0.2) is 57.4 Å². The lowest BCUT2D eigenvalue weighted by atomic mass is 9.48. The lowest BCUT2D eigenvalue weighted by Gasteiger charge is -2.56. The molecule has 1 heterocycles. The van der Waals surface area contributed by atoms with Crippen LogP contribution in [0.3, 0.4) is 0 Å². The fraction of sp³-hybridized carbons (Fsp3) is 0.964. The Morgan fingerprint density at radius 2 is 1.56 bits per heavy atom. The highest BCUT2D eigenvalue weighted by atomic mass is 16.5. The number of hydrogen-bond acceptors (Lipinski definition) is 6. The number of ether oxygens (including phenoxy) is 1. The Morgan fingerprint density at radius 3 is 2.21 bits per heavy atom. The van der Waals surface area contributed by atoms with Crippen LogP contribution in [0.2, 0.25) is 0 Å². The predicted molar refractivity (Wildman–Crippen MR) is 130 cm³/mol. The second-order valence-corrected chi connectivity index (χ2v) is 13.3. The highest BCUT2D eigenvalue weighted by Gasteiger charge is 2.63. The molecule has 196 valence electrons. The Balaban J connectivity index is 1.58. The fourth-order valence-corrected chi connectivity index (χ4v) is 8.95. The van der Waals surface area contributed by atoms with E-state index in [1.165, 1.54) is 0 Å². The molecule has 6 nitrogen and oxygen atoms in total. The zero-order chi connectivity index (χ0) is 25.2. The van der Waals surface area contributed by atoms with E-state index in [1.807, 2.05) is 6.92 Å². The van der Waals surface area contributed by atoms with Gasteiger partial charge in [0.05, 0.1) is 36.9 Å². The summed E-state index contributed by atoms with van der Waals surface area (Å²) in [6.45, 7) is 13.2. The van der Waals surface area contributed by atoms with Crippen molar-refractivity contribution in [3.63, 3.8) is 0 Å². The molecule has 0 aromatic heterocycles. The molecule has 4 aliphatic rings. The van der Waals surface area contributed by atoms with Gasteiger partial charge in [0.2, 0.25) is 0 Å². The summed E-state index contributed by atoms with van der Waals surface area (Å²) in [4.78, 5) is 13.0. The minimum absolute atomic E-state index is 0.00827. The maximum Gasteiger partial charge on any atom is 0.309 e.